The number of piperazine rings is 1. The van der Waals surface area contributed by atoms with Gasteiger partial charge in [-0.05, 0) is 31.5 Å². The van der Waals surface area contributed by atoms with Gasteiger partial charge in [-0.25, -0.2) is 4.39 Å². The van der Waals surface area contributed by atoms with E-state index >= 15 is 0 Å². The molecule has 1 aromatic carbocycles. The molecule has 30 heavy (non-hydrogen) atoms. The Morgan fingerprint density at radius 3 is 2.60 bits per heavy atom. The van der Waals surface area contributed by atoms with E-state index in [1.165, 1.54) is 7.11 Å². The van der Waals surface area contributed by atoms with Crippen molar-refractivity contribution in [3.8, 4) is 5.75 Å². The van der Waals surface area contributed by atoms with E-state index in [9.17, 15) is 4.39 Å². The maximum Gasteiger partial charge on any atom is 0.193 e. The van der Waals surface area contributed by atoms with Gasteiger partial charge in [0, 0.05) is 57.8 Å². The third-order valence-corrected chi connectivity index (χ3v) is 5.65. The Labute approximate surface area is 177 Å². The smallest absolute Gasteiger partial charge is 0.193 e. The molecule has 1 saturated heterocycles. The number of ether oxygens (including phenoxy) is 1. The van der Waals surface area contributed by atoms with Gasteiger partial charge < -0.3 is 19.5 Å². The topological polar surface area (TPSA) is 66.1 Å². The molecule has 0 spiro atoms. The van der Waals surface area contributed by atoms with Crippen LogP contribution in [0.5, 0.6) is 5.75 Å². The van der Waals surface area contributed by atoms with Crippen molar-refractivity contribution < 1.29 is 13.7 Å². The zero-order valence-electron chi connectivity index (χ0n) is 18.5. The van der Waals surface area contributed by atoms with Crippen LogP contribution < -0.4 is 10.1 Å². The molecule has 8 heteroatoms. The highest BCUT2D eigenvalue weighted by molar-refractivity contribution is 5.80. The summed E-state index contributed by atoms with van der Waals surface area (Å²) in [6.07, 6.45) is 0. The number of guanidine groups is 1. The van der Waals surface area contributed by atoms with Crippen molar-refractivity contribution in [2.45, 2.75) is 33.2 Å². The Morgan fingerprint density at radius 2 is 2.03 bits per heavy atom. The first-order valence-electron chi connectivity index (χ1n) is 10.4. The first-order valence-corrected chi connectivity index (χ1v) is 10.4. The number of hydrogen-bond donors (Lipinski definition) is 1. The molecular formula is C22H32FN5O2. The molecule has 7 nitrogen and oxygen atoms in total. The zero-order chi connectivity index (χ0) is 21.7. The fraction of sp³-hybridized carbons (Fsp3) is 0.545. The van der Waals surface area contributed by atoms with E-state index in [-0.39, 0.29) is 17.5 Å². The Bertz CT molecular complexity index is 855. The van der Waals surface area contributed by atoms with Crippen molar-refractivity contribution in [1.82, 2.24) is 20.3 Å². The summed E-state index contributed by atoms with van der Waals surface area (Å²) in [5.74, 6) is 2.03. The van der Waals surface area contributed by atoms with Gasteiger partial charge in [-0.1, -0.05) is 18.1 Å². The highest BCUT2D eigenvalue weighted by Gasteiger charge is 2.22. The predicted octanol–water partition coefficient (Wildman–Crippen LogP) is 2.94. The van der Waals surface area contributed by atoms with Gasteiger partial charge in [-0.15, -0.1) is 0 Å². The molecule has 3 rings (SSSR count). The first-order chi connectivity index (χ1) is 14.4. The van der Waals surface area contributed by atoms with E-state index in [4.69, 9.17) is 9.26 Å². The number of rotatable bonds is 6. The largest absolute Gasteiger partial charge is 0.494 e. The zero-order valence-corrected chi connectivity index (χ0v) is 18.5. The number of benzene rings is 1. The summed E-state index contributed by atoms with van der Waals surface area (Å²) in [7, 11) is 3.29. The third-order valence-electron chi connectivity index (χ3n) is 5.65. The lowest BCUT2D eigenvalue weighted by Gasteiger charge is -2.36. The van der Waals surface area contributed by atoms with Crippen molar-refractivity contribution in [2.75, 3.05) is 46.9 Å². The lowest BCUT2D eigenvalue weighted by molar-refractivity contribution is 0.172. The standard InChI is InChI=1S/C22H32FN5O2/c1-15(21-16(2)26-30-17(21)3)13-25-22(24-4)28-10-8-27(9-11-28)14-18-6-7-20(29-5)19(23)12-18/h6-7,12,15H,8-11,13-14H2,1-5H3,(H,24,25). The SMILES string of the molecule is CN=C(NCC(C)c1c(C)noc1C)N1CCN(Cc2ccc(OC)c(F)c2)CC1. The molecule has 0 amide bonds. The van der Waals surface area contributed by atoms with Gasteiger partial charge in [-0.3, -0.25) is 9.89 Å². The van der Waals surface area contributed by atoms with Gasteiger partial charge in [0.05, 0.1) is 12.8 Å². The Hall–Kier alpha value is -2.61. The van der Waals surface area contributed by atoms with Crippen LogP contribution in [0.4, 0.5) is 4.39 Å². The summed E-state index contributed by atoms with van der Waals surface area (Å²) in [6.45, 7) is 11.1. The third kappa shape index (κ3) is 5.11. The van der Waals surface area contributed by atoms with Gasteiger partial charge in [0.1, 0.15) is 5.76 Å². The number of hydrogen-bond acceptors (Lipinski definition) is 5. The van der Waals surface area contributed by atoms with Gasteiger partial charge in [-0.2, -0.15) is 0 Å². The molecule has 0 aliphatic carbocycles. The van der Waals surface area contributed by atoms with Crippen LogP contribution in [-0.2, 0) is 6.54 Å². The van der Waals surface area contributed by atoms with Gasteiger partial charge in [0.25, 0.3) is 0 Å². The van der Waals surface area contributed by atoms with E-state index in [0.29, 0.717) is 0 Å². The van der Waals surface area contributed by atoms with Crippen LogP contribution >= 0.6 is 0 Å². The van der Waals surface area contributed by atoms with Crippen molar-refractivity contribution in [1.29, 1.82) is 0 Å². The first kappa shape index (κ1) is 22.1. The second-order valence-electron chi connectivity index (χ2n) is 7.80. The van der Waals surface area contributed by atoms with Gasteiger partial charge in [0.15, 0.2) is 17.5 Å². The molecule has 2 aromatic rings. The van der Waals surface area contributed by atoms with Gasteiger partial charge >= 0.3 is 0 Å². The number of nitrogens with zero attached hydrogens (tertiary/aromatic N) is 4. The number of nitrogens with one attached hydrogen (secondary N) is 1. The summed E-state index contributed by atoms with van der Waals surface area (Å²) < 4.78 is 24.2. The second kappa shape index (κ2) is 9.93. The molecule has 1 aliphatic heterocycles. The lowest BCUT2D eigenvalue weighted by atomic mass is 10.00. The van der Waals surface area contributed by atoms with Crippen LogP contribution in [0.1, 0.15) is 35.4 Å². The van der Waals surface area contributed by atoms with Crippen LogP contribution in [0.3, 0.4) is 0 Å². The number of halogens is 1. The van der Waals surface area contributed by atoms with Crippen LogP contribution in [0.15, 0.2) is 27.7 Å². The molecule has 0 bridgehead atoms. The molecule has 1 fully saturated rings. The molecule has 0 radical (unpaired) electrons. The van der Waals surface area contributed by atoms with Crippen molar-refractivity contribution >= 4 is 5.96 Å². The monoisotopic (exact) mass is 417 g/mol. The second-order valence-corrected chi connectivity index (χ2v) is 7.80. The summed E-state index contributed by atoms with van der Waals surface area (Å²) in [5, 5.41) is 7.54. The van der Waals surface area contributed by atoms with Crippen LogP contribution in [0, 0.1) is 19.7 Å². The summed E-state index contributed by atoms with van der Waals surface area (Å²) in [4.78, 5) is 9.06. The van der Waals surface area contributed by atoms with Crippen molar-refractivity contribution in [3.05, 3.63) is 46.6 Å². The van der Waals surface area contributed by atoms with Crippen molar-refractivity contribution in [2.24, 2.45) is 4.99 Å². The van der Waals surface area contributed by atoms with E-state index < -0.39 is 0 Å². The number of aliphatic imine (C=N–C) groups is 1. The fourth-order valence-electron chi connectivity index (χ4n) is 4.06. The number of methoxy groups -OCH3 is 1. The maximum absolute atomic E-state index is 13.9. The molecule has 2 heterocycles. The molecule has 164 valence electrons. The van der Waals surface area contributed by atoms with Crippen LogP contribution in [0.25, 0.3) is 0 Å². The summed E-state index contributed by atoms with van der Waals surface area (Å²) in [6, 6.07) is 5.17. The van der Waals surface area contributed by atoms with Crippen LogP contribution in [0.2, 0.25) is 0 Å². The predicted molar refractivity (Wildman–Crippen MR) is 116 cm³/mol. The van der Waals surface area contributed by atoms with E-state index in [1.807, 2.05) is 27.0 Å². The van der Waals surface area contributed by atoms with E-state index in [2.05, 4.69) is 32.2 Å². The lowest BCUT2D eigenvalue weighted by Crippen LogP contribution is -2.52. The Morgan fingerprint density at radius 1 is 1.30 bits per heavy atom. The average Bonchev–Trinajstić information content (AvgIpc) is 3.07. The van der Waals surface area contributed by atoms with E-state index in [0.717, 1.165) is 67.8 Å². The molecule has 1 unspecified atom stereocenters. The fourth-order valence-corrected chi connectivity index (χ4v) is 4.06. The Kier molecular flexibility index (Phi) is 7.31. The summed E-state index contributed by atoms with van der Waals surface area (Å²) >= 11 is 0. The molecule has 1 aliphatic rings. The molecule has 0 saturated carbocycles. The van der Waals surface area contributed by atoms with E-state index in [1.54, 1.807) is 12.1 Å². The maximum atomic E-state index is 13.9. The highest BCUT2D eigenvalue weighted by atomic mass is 19.1. The highest BCUT2D eigenvalue weighted by Crippen LogP contribution is 2.22. The molecule has 1 N–H and O–H groups in total. The minimum Gasteiger partial charge on any atom is -0.494 e. The van der Waals surface area contributed by atoms with Crippen molar-refractivity contribution in [3.63, 3.8) is 0 Å². The minimum absolute atomic E-state index is 0.277. The number of aromatic nitrogens is 1. The van der Waals surface area contributed by atoms with Gasteiger partial charge in [0.2, 0.25) is 0 Å². The summed E-state index contributed by atoms with van der Waals surface area (Å²) in [5.41, 5.74) is 3.06. The quantitative estimate of drug-likeness (QED) is 0.576. The number of aryl methyl sites for hydroxylation is 2. The minimum atomic E-state index is -0.314. The molecule has 1 atom stereocenters. The average molecular weight is 418 g/mol. The molecule has 1 aromatic heterocycles. The normalized spacial score (nSPS) is 16.6. The Balaban J connectivity index is 1.50. The van der Waals surface area contributed by atoms with Crippen LogP contribution in [-0.4, -0.2) is 67.8 Å². The molecular weight excluding hydrogens is 385 g/mol.